The van der Waals surface area contributed by atoms with Crippen LogP contribution in [0.1, 0.15) is 0 Å². The zero-order valence-corrected chi connectivity index (χ0v) is 10.7. The van der Waals surface area contributed by atoms with Gasteiger partial charge >= 0.3 is 5.97 Å². The first kappa shape index (κ1) is 11.9. The third-order valence-electron chi connectivity index (χ3n) is 2.30. The second kappa shape index (κ2) is 5.64. The highest BCUT2D eigenvalue weighted by Crippen LogP contribution is 2.29. The molecule has 0 atom stereocenters. The normalized spacial score (nSPS) is 9.94. The third kappa shape index (κ3) is 2.94. The number of para-hydroxylation sites is 1. The molecule has 17 heavy (non-hydrogen) atoms. The number of carbonyl (C=O) groups is 1. The van der Waals surface area contributed by atoms with Crippen LogP contribution in [0.5, 0.6) is 5.75 Å². The van der Waals surface area contributed by atoms with Crippen molar-refractivity contribution in [3.05, 3.63) is 54.6 Å². The summed E-state index contributed by atoms with van der Waals surface area (Å²) in [6.07, 6.45) is 0. The van der Waals surface area contributed by atoms with Crippen LogP contribution in [-0.2, 0) is 4.79 Å². The van der Waals surface area contributed by atoms with Crippen molar-refractivity contribution < 1.29 is 9.53 Å². The van der Waals surface area contributed by atoms with Gasteiger partial charge in [0.1, 0.15) is 11.1 Å². The summed E-state index contributed by atoms with van der Waals surface area (Å²) in [5, 5.41) is 0.191. The lowest BCUT2D eigenvalue weighted by molar-refractivity contribution is -0.131. The average Bonchev–Trinajstić information content (AvgIpc) is 2.40. The maximum atomic E-state index is 11.3. The Labute approximate surface area is 108 Å². The molecule has 0 fully saturated rings. The lowest BCUT2D eigenvalue weighted by Gasteiger charge is -2.09. The van der Waals surface area contributed by atoms with Gasteiger partial charge in [-0.25, -0.2) is 0 Å². The topological polar surface area (TPSA) is 26.3 Å². The summed E-state index contributed by atoms with van der Waals surface area (Å²) in [4.78, 5) is 11.3. The number of rotatable bonds is 3. The summed E-state index contributed by atoms with van der Waals surface area (Å²) >= 11 is 3.08. The Balaban J connectivity index is 2.38. The number of ether oxygens (including phenoxy) is 1. The SMILES string of the molecule is O=C(CBr)Oc1ccccc1-c1ccccc1. The summed E-state index contributed by atoms with van der Waals surface area (Å²) < 4.78 is 5.26. The van der Waals surface area contributed by atoms with Crippen molar-refractivity contribution in [1.29, 1.82) is 0 Å². The molecular formula is C14H11BrO2. The molecule has 0 saturated carbocycles. The van der Waals surface area contributed by atoms with E-state index in [1.165, 1.54) is 0 Å². The fourth-order valence-electron chi connectivity index (χ4n) is 1.56. The van der Waals surface area contributed by atoms with E-state index in [2.05, 4.69) is 15.9 Å². The van der Waals surface area contributed by atoms with E-state index in [1.807, 2.05) is 48.5 Å². The molecule has 0 aliphatic rings. The van der Waals surface area contributed by atoms with Crippen LogP contribution in [0.25, 0.3) is 11.1 Å². The molecule has 3 heteroatoms. The van der Waals surface area contributed by atoms with Gasteiger partial charge in [0.25, 0.3) is 0 Å². The van der Waals surface area contributed by atoms with Crippen molar-refractivity contribution in [2.24, 2.45) is 0 Å². The van der Waals surface area contributed by atoms with Gasteiger partial charge in [0, 0.05) is 5.56 Å². The highest BCUT2D eigenvalue weighted by molar-refractivity contribution is 9.09. The van der Waals surface area contributed by atoms with Crippen LogP contribution >= 0.6 is 15.9 Å². The van der Waals surface area contributed by atoms with Crippen molar-refractivity contribution in [2.45, 2.75) is 0 Å². The van der Waals surface area contributed by atoms with Gasteiger partial charge in [0.05, 0.1) is 0 Å². The van der Waals surface area contributed by atoms with E-state index in [1.54, 1.807) is 6.07 Å². The van der Waals surface area contributed by atoms with E-state index >= 15 is 0 Å². The van der Waals surface area contributed by atoms with Crippen LogP contribution in [0.3, 0.4) is 0 Å². The molecular weight excluding hydrogens is 280 g/mol. The zero-order valence-electron chi connectivity index (χ0n) is 9.10. The van der Waals surface area contributed by atoms with Crippen LogP contribution in [0, 0.1) is 0 Å². The number of hydrogen-bond acceptors (Lipinski definition) is 2. The smallest absolute Gasteiger partial charge is 0.321 e. The van der Waals surface area contributed by atoms with E-state index in [4.69, 9.17) is 4.74 Å². The molecule has 2 aromatic carbocycles. The van der Waals surface area contributed by atoms with E-state index < -0.39 is 0 Å². The second-order valence-corrected chi connectivity index (χ2v) is 4.03. The van der Waals surface area contributed by atoms with Crippen LogP contribution in [0.15, 0.2) is 54.6 Å². The van der Waals surface area contributed by atoms with Crippen molar-refractivity contribution in [3.63, 3.8) is 0 Å². The van der Waals surface area contributed by atoms with E-state index in [-0.39, 0.29) is 11.3 Å². The van der Waals surface area contributed by atoms with Crippen molar-refractivity contribution >= 4 is 21.9 Å². The monoisotopic (exact) mass is 290 g/mol. The van der Waals surface area contributed by atoms with Crippen molar-refractivity contribution in [2.75, 3.05) is 5.33 Å². The van der Waals surface area contributed by atoms with Crippen molar-refractivity contribution in [1.82, 2.24) is 0 Å². The first-order chi connectivity index (χ1) is 8.31. The minimum absolute atomic E-state index is 0.191. The first-order valence-corrected chi connectivity index (χ1v) is 6.34. The van der Waals surface area contributed by atoms with Crippen LogP contribution in [0.2, 0.25) is 0 Å². The predicted molar refractivity (Wildman–Crippen MR) is 71.3 cm³/mol. The Kier molecular flexibility index (Phi) is 3.94. The molecule has 0 aliphatic carbocycles. The number of carbonyl (C=O) groups excluding carboxylic acids is 1. The number of hydrogen-bond donors (Lipinski definition) is 0. The summed E-state index contributed by atoms with van der Waals surface area (Å²) in [5.41, 5.74) is 1.95. The molecule has 0 N–H and O–H groups in total. The van der Waals surface area contributed by atoms with E-state index in [0.717, 1.165) is 11.1 Å². The molecule has 2 nitrogen and oxygen atoms in total. The van der Waals surface area contributed by atoms with Crippen LogP contribution in [-0.4, -0.2) is 11.3 Å². The molecule has 2 rings (SSSR count). The van der Waals surface area contributed by atoms with Gasteiger partial charge in [0.2, 0.25) is 0 Å². The Hall–Kier alpha value is -1.61. The lowest BCUT2D eigenvalue weighted by Crippen LogP contribution is -2.09. The molecule has 0 aromatic heterocycles. The molecule has 0 spiro atoms. The molecule has 0 bridgehead atoms. The van der Waals surface area contributed by atoms with Crippen molar-refractivity contribution in [3.8, 4) is 16.9 Å². The number of esters is 1. The van der Waals surface area contributed by atoms with Gasteiger partial charge in [0.15, 0.2) is 0 Å². The Morgan fingerprint density at radius 3 is 2.35 bits per heavy atom. The molecule has 0 radical (unpaired) electrons. The molecule has 2 aromatic rings. The van der Waals surface area contributed by atoms with Gasteiger partial charge in [-0.3, -0.25) is 4.79 Å². The average molecular weight is 291 g/mol. The number of benzene rings is 2. The minimum atomic E-state index is -0.298. The Morgan fingerprint density at radius 2 is 1.65 bits per heavy atom. The lowest BCUT2D eigenvalue weighted by atomic mass is 10.1. The molecule has 0 aliphatic heterocycles. The van der Waals surface area contributed by atoms with Crippen LogP contribution in [0.4, 0.5) is 0 Å². The Bertz CT molecular complexity index is 509. The second-order valence-electron chi connectivity index (χ2n) is 3.47. The maximum Gasteiger partial charge on any atom is 0.321 e. The molecule has 86 valence electrons. The predicted octanol–water partition coefficient (Wildman–Crippen LogP) is 3.65. The number of halogens is 1. The van der Waals surface area contributed by atoms with Gasteiger partial charge in [-0.05, 0) is 11.6 Å². The maximum absolute atomic E-state index is 11.3. The van der Waals surface area contributed by atoms with Gasteiger partial charge in [-0.1, -0.05) is 64.5 Å². The zero-order chi connectivity index (χ0) is 12.1. The Morgan fingerprint density at radius 1 is 1.00 bits per heavy atom. The first-order valence-electron chi connectivity index (χ1n) is 5.22. The number of alkyl halides is 1. The molecule has 0 saturated heterocycles. The summed E-state index contributed by atoms with van der Waals surface area (Å²) in [5.74, 6) is 0.288. The van der Waals surface area contributed by atoms with Gasteiger partial charge in [-0.2, -0.15) is 0 Å². The summed E-state index contributed by atoms with van der Waals surface area (Å²) in [7, 11) is 0. The van der Waals surface area contributed by atoms with E-state index in [0.29, 0.717) is 5.75 Å². The summed E-state index contributed by atoms with van der Waals surface area (Å²) in [6, 6.07) is 17.3. The largest absolute Gasteiger partial charge is 0.425 e. The molecule has 0 unspecified atom stereocenters. The van der Waals surface area contributed by atoms with Gasteiger partial charge < -0.3 is 4.74 Å². The van der Waals surface area contributed by atoms with Crippen LogP contribution < -0.4 is 4.74 Å². The highest BCUT2D eigenvalue weighted by Gasteiger charge is 2.08. The standard InChI is InChI=1S/C14H11BrO2/c15-10-14(16)17-13-9-5-4-8-12(13)11-6-2-1-3-7-11/h1-9H,10H2. The fraction of sp³-hybridized carbons (Fsp3) is 0.0714. The minimum Gasteiger partial charge on any atom is -0.425 e. The quantitative estimate of drug-likeness (QED) is 0.490. The third-order valence-corrected chi connectivity index (χ3v) is 2.76. The fourth-order valence-corrected chi connectivity index (χ4v) is 1.68. The van der Waals surface area contributed by atoms with Gasteiger partial charge in [-0.15, -0.1) is 0 Å². The molecule has 0 heterocycles. The molecule has 0 amide bonds. The summed E-state index contributed by atoms with van der Waals surface area (Å²) in [6.45, 7) is 0. The highest BCUT2D eigenvalue weighted by atomic mass is 79.9. The van der Waals surface area contributed by atoms with E-state index in [9.17, 15) is 4.79 Å².